The van der Waals surface area contributed by atoms with Gasteiger partial charge in [-0.25, -0.2) is 0 Å². The van der Waals surface area contributed by atoms with Gasteiger partial charge in [-0.05, 0) is 32.9 Å². The fourth-order valence-electron chi connectivity index (χ4n) is 1.61. The lowest BCUT2D eigenvalue weighted by Crippen LogP contribution is -2.37. The second kappa shape index (κ2) is 7.23. The zero-order valence-electron chi connectivity index (χ0n) is 11.4. The first kappa shape index (κ1) is 15.6. The fraction of sp³-hybridized carbons (Fsp3) is 0.538. The molecule has 6 heteroatoms. The Hall–Kier alpha value is -1.43. The molecule has 0 spiro atoms. The normalized spacial score (nSPS) is 10.7. The number of aliphatic carboxylic acids is 1. The van der Waals surface area contributed by atoms with E-state index >= 15 is 0 Å². The molecule has 19 heavy (non-hydrogen) atoms. The summed E-state index contributed by atoms with van der Waals surface area (Å²) in [5.41, 5.74) is 0. The SMILES string of the molecule is Cc1ccc(CN(C(=O)CSCC(=O)O)C(C)C)o1. The van der Waals surface area contributed by atoms with Crippen LogP contribution in [0.5, 0.6) is 0 Å². The lowest BCUT2D eigenvalue weighted by molar-refractivity contribution is -0.133. The van der Waals surface area contributed by atoms with Crippen LogP contribution in [0.25, 0.3) is 0 Å². The molecular weight excluding hydrogens is 266 g/mol. The van der Waals surface area contributed by atoms with Gasteiger partial charge in [0.2, 0.25) is 5.91 Å². The number of amides is 1. The van der Waals surface area contributed by atoms with Crippen LogP contribution in [0.3, 0.4) is 0 Å². The van der Waals surface area contributed by atoms with Crippen molar-refractivity contribution in [3.63, 3.8) is 0 Å². The highest BCUT2D eigenvalue weighted by Gasteiger charge is 2.18. The van der Waals surface area contributed by atoms with Gasteiger partial charge < -0.3 is 14.4 Å². The molecule has 1 aromatic rings. The molecule has 5 nitrogen and oxygen atoms in total. The summed E-state index contributed by atoms with van der Waals surface area (Å²) in [6.07, 6.45) is 0. The number of nitrogens with zero attached hydrogens (tertiary/aromatic N) is 1. The zero-order chi connectivity index (χ0) is 14.4. The zero-order valence-corrected chi connectivity index (χ0v) is 12.2. The van der Waals surface area contributed by atoms with E-state index in [1.165, 1.54) is 0 Å². The van der Waals surface area contributed by atoms with Gasteiger partial charge in [0.1, 0.15) is 11.5 Å². The smallest absolute Gasteiger partial charge is 0.313 e. The topological polar surface area (TPSA) is 70.8 Å². The minimum Gasteiger partial charge on any atom is -0.481 e. The van der Waals surface area contributed by atoms with Crippen molar-refractivity contribution in [2.45, 2.75) is 33.4 Å². The molecule has 0 fully saturated rings. The predicted octanol–water partition coefficient (Wildman–Crippen LogP) is 2.14. The third-order valence-corrected chi connectivity index (χ3v) is 3.42. The van der Waals surface area contributed by atoms with E-state index in [0.717, 1.165) is 23.3 Å². The van der Waals surface area contributed by atoms with Crippen LogP contribution in [-0.2, 0) is 16.1 Å². The summed E-state index contributed by atoms with van der Waals surface area (Å²) >= 11 is 1.11. The number of hydrogen-bond donors (Lipinski definition) is 1. The van der Waals surface area contributed by atoms with Crippen LogP contribution >= 0.6 is 11.8 Å². The summed E-state index contributed by atoms with van der Waals surface area (Å²) in [7, 11) is 0. The van der Waals surface area contributed by atoms with Crippen molar-refractivity contribution in [3.05, 3.63) is 23.7 Å². The van der Waals surface area contributed by atoms with Gasteiger partial charge in [-0.3, -0.25) is 9.59 Å². The average molecular weight is 285 g/mol. The number of furan rings is 1. The molecule has 0 radical (unpaired) electrons. The Balaban J connectivity index is 2.56. The number of carbonyl (C=O) groups is 2. The first-order valence-electron chi connectivity index (χ1n) is 6.04. The van der Waals surface area contributed by atoms with Crippen molar-refractivity contribution < 1.29 is 19.1 Å². The molecule has 0 aliphatic heterocycles. The third kappa shape index (κ3) is 5.38. The van der Waals surface area contributed by atoms with Gasteiger partial charge >= 0.3 is 5.97 Å². The van der Waals surface area contributed by atoms with Crippen molar-refractivity contribution in [2.24, 2.45) is 0 Å². The van der Waals surface area contributed by atoms with Crippen molar-refractivity contribution in [1.29, 1.82) is 0 Å². The van der Waals surface area contributed by atoms with Gasteiger partial charge in [0, 0.05) is 6.04 Å². The number of hydrogen-bond acceptors (Lipinski definition) is 4. The van der Waals surface area contributed by atoms with Crippen LogP contribution in [0.4, 0.5) is 0 Å². The number of thioether (sulfide) groups is 1. The van der Waals surface area contributed by atoms with Crippen LogP contribution in [0.15, 0.2) is 16.5 Å². The molecule has 1 amide bonds. The monoisotopic (exact) mass is 285 g/mol. The quantitative estimate of drug-likeness (QED) is 0.831. The second-order valence-corrected chi connectivity index (χ2v) is 5.50. The predicted molar refractivity (Wildman–Crippen MR) is 74.1 cm³/mol. The number of carboxylic acids is 1. The van der Waals surface area contributed by atoms with E-state index in [1.54, 1.807) is 4.90 Å². The van der Waals surface area contributed by atoms with Crippen molar-refractivity contribution >= 4 is 23.6 Å². The first-order chi connectivity index (χ1) is 8.90. The van der Waals surface area contributed by atoms with Gasteiger partial charge in [-0.2, -0.15) is 0 Å². The van der Waals surface area contributed by atoms with E-state index in [2.05, 4.69) is 0 Å². The van der Waals surface area contributed by atoms with E-state index in [1.807, 2.05) is 32.9 Å². The highest BCUT2D eigenvalue weighted by molar-refractivity contribution is 8.00. The molecule has 1 rings (SSSR count). The standard InChI is InChI=1S/C13H19NO4S/c1-9(2)14(6-11-5-4-10(3)18-11)12(15)7-19-8-13(16)17/h4-5,9H,6-8H2,1-3H3,(H,16,17). The largest absolute Gasteiger partial charge is 0.481 e. The molecule has 0 aliphatic carbocycles. The molecule has 1 aromatic heterocycles. The minimum absolute atomic E-state index is 0.0448. The van der Waals surface area contributed by atoms with Crippen molar-refractivity contribution in [2.75, 3.05) is 11.5 Å². The number of rotatable bonds is 7. The maximum absolute atomic E-state index is 12.0. The minimum atomic E-state index is -0.907. The van der Waals surface area contributed by atoms with E-state index in [9.17, 15) is 9.59 Å². The van der Waals surface area contributed by atoms with E-state index in [0.29, 0.717) is 6.54 Å². The molecule has 0 saturated heterocycles. The van der Waals surface area contributed by atoms with E-state index in [-0.39, 0.29) is 23.5 Å². The molecule has 0 atom stereocenters. The Bertz CT molecular complexity index is 442. The van der Waals surface area contributed by atoms with Gasteiger partial charge in [-0.15, -0.1) is 11.8 Å². The summed E-state index contributed by atoms with van der Waals surface area (Å²) in [6, 6.07) is 3.75. The Morgan fingerprint density at radius 1 is 1.37 bits per heavy atom. The Labute approximate surface area is 117 Å². The lowest BCUT2D eigenvalue weighted by atomic mass is 10.3. The molecule has 1 N–H and O–H groups in total. The highest BCUT2D eigenvalue weighted by atomic mass is 32.2. The summed E-state index contributed by atoms with van der Waals surface area (Å²) < 4.78 is 5.46. The molecular formula is C13H19NO4S. The van der Waals surface area contributed by atoms with Gasteiger partial charge in [0.25, 0.3) is 0 Å². The first-order valence-corrected chi connectivity index (χ1v) is 7.20. The average Bonchev–Trinajstić information content (AvgIpc) is 2.70. The molecule has 0 saturated carbocycles. The second-order valence-electron chi connectivity index (χ2n) is 4.51. The number of carbonyl (C=O) groups excluding carboxylic acids is 1. The molecule has 0 aliphatic rings. The molecule has 0 aromatic carbocycles. The van der Waals surface area contributed by atoms with Crippen LogP contribution in [0, 0.1) is 6.92 Å². The van der Waals surface area contributed by atoms with Crippen molar-refractivity contribution in [1.82, 2.24) is 4.90 Å². The summed E-state index contributed by atoms with van der Waals surface area (Å²) in [5, 5.41) is 8.55. The number of carboxylic acid groups (broad SMARTS) is 1. The number of aryl methyl sites for hydroxylation is 1. The van der Waals surface area contributed by atoms with Crippen LogP contribution in [0.1, 0.15) is 25.4 Å². The molecule has 0 unspecified atom stereocenters. The highest BCUT2D eigenvalue weighted by Crippen LogP contribution is 2.13. The Morgan fingerprint density at radius 3 is 2.53 bits per heavy atom. The maximum Gasteiger partial charge on any atom is 0.313 e. The summed E-state index contributed by atoms with van der Waals surface area (Å²) in [6.45, 7) is 6.12. The fourth-order valence-corrected chi connectivity index (χ4v) is 2.22. The Morgan fingerprint density at radius 2 is 2.05 bits per heavy atom. The van der Waals surface area contributed by atoms with Crippen molar-refractivity contribution in [3.8, 4) is 0 Å². The lowest BCUT2D eigenvalue weighted by Gasteiger charge is -2.25. The molecule has 1 heterocycles. The van der Waals surface area contributed by atoms with Crippen LogP contribution < -0.4 is 0 Å². The maximum atomic E-state index is 12.0. The summed E-state index contributed by atoms with van der Waals surface area (Å²) in [4.78, 5) is 24.2. The van der Waals surface area contributed by atoms with Gasteiger partial charge in [-0.1, -0.05) is 0 Å². The van der Waals surface area contributed by atoms with Gasteiger partial charge in [0.15, 0.2) is 0 Å². The van der Waals surface area contributed by atoms with Crippen LogP contribution in [0.2, 0.25) is 0 Å². The molecule has 0 bridgehead atoms. The van der Waals surface area contributed by atoms with E-state index in [4.69, 9.17) is 9.52 Å². The summed E-state index contributed by atoms with van der Waals surface area (Å²) in [5.74, 6) is 0.682. The van der Waals surface area contributed by atoms with E-state index < -0.39 is 5.97 Å². The van der Waals surface area contributed by atoms with Gasteiger partial charge in [0.05, 0.1) is 18.1 Å². The molecule has 106 valence electrons. The third-order valence-electron chi connectivity index (χ3n) is 2.52. The Kier molecular flexibility index (Phi) is 5.95. The van der Waals surface area contributed by atoms with Crippen LogP contribution in [-0.4, -0.2) is 39.4 Å².